The van der Waals surface area contributed by atoms with Gasteiger partial charge >= 0.3 is 5.97 Å². The van der Waals surface area contributed by atoms with Crippen LogP contribution in [0, 0.1) is 0 Å². The zero-order valence-corrected chi connectivity index (χ0v) is 13.4. The smallest absolute Gasteiger partial charge is 0.326 e. The van der Waals surface area contributed by atoms with Crippen molar-refractivity contribution in [3.05, 3.63) is 0 Å². The summed E-state index contributed by atoms with van der Waals surface area (Å²) in [6, 6.07) is 0.419. The van der Waals surface area contributed by atoms with Gasteiger partial charge in [-0.05, 0) is 38.8 Å². The minimum Gasteiger partial charge on any atom is -0.468 e. The third-order valence-electron chi connectivity index (χ3n) is 4.32. The van der Waals surface area contributed by atoms with Crippen molar-refractivity contribution in [1.82, 2.24) is 10.2 Å². The Balaban J connectivity index is 2.77. The Kier molecular flexibility index (Phi) is 7.48. The van der Waals surface area contributed by atoms with Crippen molar-refractivity contribution in [2.24, 2.45) is 0 Å². The van der Waals surface area contributed by atoms with Crippen molar-refractivity contribution >= 4 is 5.97 Å². The van der Waals surface area contributed by atoms with Gasteiger partial charge in [0.15, 0.2) is 0 Å². The SMILES string of the molecule is CCNC1(C(=O)OC)CCCC(N(CC)CCOC)C1. The molecule has 0 heterocycles. The fourth-order valence-electron chi connectivity index (χ4n) is 3.32. The quantitative estimate of drug-likeness (QED) is 0.684. The second-order valence-corrected chi connectivity index (χ2v) is 5.48. The molecule has 0 radical (unpaired) electrons. The fourth-order valence-corrected chi connectivity index (χ4v) is 3.32. The van der Waals surface area contributed by atoms with Gasteiger partial charge in [-0.25, -0.2) is 0 Å². The van der Waals surface area contributed by atoms with Gasteiger partial charge in [-0.2, -0.15) is 0 Å². The number of likely N-dealkylation sites (N-methyl/N-ethyl adjacent to an activating group) is 2. The number of nitrogens with zero attached hydrogens (tertiary/aromatic N) is 1. The Bertz CT molecular complexity index is 295. The van der Waals surface area contributed by atoms with Crippen LogP contribution in [0.3, 0.4) is 0 Å². The number of carbonyl (C=O) groups is 1. The van der Waals surface area contributed by atoms with Crippen LogP contribution in [0.4, 0.5) is 0 Å². The van der Waals surface area contributed by atoms with E-state index in [1.54, 1.807) is 7.11 Å². The predicted molar refractivity (Wildman–Crippen MR) is 79.8 cm³/mol. The van der Waals surface area contributed by atoms with Crippen LogP contribution in [0.15, 0.2) is 0 Å². The van der Waals surface area contributed by atoms with Gasteiger partial charge in [-0.1, -0.05) is 13.8 Å². The summed E-state index contributed by atoms with van der Waals surface area (Å²) in [5, 5.41) is 3.38. The summed E-state index contributed by atoms with van der Waals surface area (Å²) in [4.78, 5) is 14.6. The highest BCUT2D eigenvalue weighted by molar-refractivity contribution is 5.81. The average Bonchev–Trinajstić information content (AvgIpc) is 2.48. The number of esters is 1. The average molecular weight is 286 g/mol. The monoisotopic (exact) mass is 286 g/mol. The molecule has 0 saturated heterocycles. The summed E-state index contributed by atoms with van der Waals surface area (Å²) < 4.78 is 10.2. The van der Waals surface area contributed by atoms with Crippen LogP contribution in [0.2, 0.25) is 0 Å². The second-order valence-electron chi connectivity index (χ2n) is 5.48. The number of ether oxygens (including phenoxy) is 2. The van der Waals surface area contributed by atoms with Gasteiger partial charge in [0.2, 0.25) is 0 Å². The van der Waals surface area contributed by atoms with Crippen LogP contribution in [-0.4, -0.2) is 62.9 Å². The molecule has 0 bridgehead atoms. The molecule has 5 heteroatoms. The minimum absolute atomic E-state index is 0.119. The zero-order valence-electron chi connectivity index (χ0n) is 13.4. The van der Waals surface area contributed by atoms with Crippen LogP contribution in [0.1, 0.15) is 39.5 Å². The van der Waals surface area contributed by atoms with Crippen LogP contribution in [-0.2, 0) is 14.3 Å². The molecule has 20 heavy (non-hydrogen) atoms. The number of hydrogen-bond acceptors (Lipinski definition) is 5. The highest BCUT2D eigenvalue weighted by atomic mass is 16.5. The van der Waals surface area contributed by atoms with Crippen molar-refractivity contribution in [3.8, 4) is 0 Å². The van der Waals surface area contributed by atoms with Crippen LogP contribution in [0.25, 0.3) is 0 Å². The van der Waals surface area contributed by atoms with E-state index in [4.69, 9.17) is 9.47 Å². The molecule has 118 valence electrons. The number of rotatable bonds is 8. The van der Waals surface area contributed by atoms with Crippen molar-refractivity contribution in [2.75, 3.05) is 40.5 Å². The van der Waals surface area contributed by atoms with Crippen molar-refractivity contribution < 1.29 is 14.3 Å². The van der Waals surface area contributed by atoms with E-state index in [0.29, 0.717) is 6.04 Å². The van der Waals surface area contributed by atoms with Crippen molar-refractivity contribution in [2.45, 2.75) is 51.1 Å². The molecule has 5 nitrogen and oxygen atoms in total. The molecule has 1 aliphatic rings. The molecule has 2 atom stereocenters. The number of methoxy groups -OCH3 is 2. The maximum atomic E-state index is 12.2. The van der Waals surface area contributed by atoms with E-state index in [9.17, 15) is 4.79 Å². The topological polar surface area (TPSA) is 50.8 Å². The molecule has 1 N–H and O–H groups in total. The first-order valence-corrected chi connectivity index (χ1v) is 7.70. The molecule has 1 rings (SSSR count). The van der Waals surface area contributed by atoms with E-state index < -0.39 is 5.54 Å². The lowest BCUT2D eigenvalue weighted by atomic mass is 9.78. The third-order valence-corrected chi connectivity index (χ3v) is 4.32. The molecular weight excluding hydrogens is 256 g/mol. The Morgan fingerprint density at radius 3 is 2.70 bits per heavy atom. The standard InChI is InChI=1S/C15H30N2O3/c1-5-16-15(14(18)20-4)9-7-8-13(12-15)17(6-2)10-11-19-3/h13,16H,5-12H2,1-4H3. The van der Waals surface area contributed by atoms with E-state index in [2.05, 4.69) is 17.1 Å². The van der Waals surface area contributed by atoms with Crippen molar-refractivity contribution in [3.63, 3.8) is 0 Å². The lowest BCUT2D eigenvalue weighted by Gasteiger charge is -2.43. The normalized spacial score (nSPS) is 26.8. The molecule has 0 aromatic carbocycles. The van der Waals surface area contributed by atoms with Crippen LogP contribution < -0.4 is 5.32 Å². The summed E-state index contributed by atoms with van der Waals surface area (Å²) in [7, 11) is 3.21. The predicted octanol–water partition coefficient (Wildman–Crippen LogP) is 1.42. The highest BCUT2D eigenvalue weighted by Crippen LogP contribution is 2.32. The first-order valence-electron chi connectivity index (χ1n) is 7.70. The Labute approximate surface area is 123 Å². The van der Waals surface area contributed by atoms with Gasteiger partial charge in [-0.3, -0.25) is 9.69 Å². The summed E-state index contributed by atoms with van der Waals surface area (Å²) in [6.07, 6.45) is 3.88. The summed E-state index contributed by atoms with van der Waals surface area (Å²) in [5.74, 6) is -0.119. The maximum absolute atomic E-state index is 12.2. The Morgan fingerprint density at radius 2 is 2.15 bits per heavy atom. The molecule has 1 fully saturated rings. The summed E-state index contributed by atoms with van der Waals surface area (Å²) in [5.41, 5.74) is -0.507. The van der Waals surface area contributed by atoms with Gasteiger partial charge in [0.1, 0.15) is 5.54 Å². The molecule has 0 amide bonds. The molecule has 1 saturated carbocycles. The van der Waals surface area contributed by atoms with E-state index in [0.717, 1.165) is 51.9 Å². The molecule has 0 aromatic heterocycles. The maximum Gasteiger partial charge on any atom is 0.326 e. The minimum atomic E-state index is -0.507. The van der Waals surface area contributed by atoms with Gasteiger partial charge in [-0.15, -0.1) is 0 Å². The van der Waals surface area contributed by atoms with Crippen molar-refractivity contribution in [1.29, 1.82) is 0 Å². The molecule has 0 aliphatic heterocycles. The molecule has 0 aromatic rings. The lowest BCUT2D eigenvalue weighted by molar-refractivity contribution is -0.151. The van der Waals surface area contributed by atoms with Gasteiger partial charge in [0.05, 0.1) is 13.7 Å². The van der Waals surface area contributed by atoms with E-state index >= 15 is 0 Å². The second kappa shape index (κ2) is 8.60. The molecule has 0 spiro atoms. The first kappa shape index (κ1) is 17.4. The van der Waals surface area contributed by atoms with Gasteiger partial charge < -0.3 is 14.8 Å². The largest absolute Gasteiger partial charge is 0.468 e. The third kappa shape index (κ3) is 4.17. The number of hydrogen-bond donors (Lipinski definition) is 1. The van der Waals surface area contributed by atoms with Crippen LogP contribution in [0.5, 0.6) is 0 Å². The Morgan fingerprint density at radius 1 is 1.40 bits per heavy atom. The van der Waals surface area contributed by atoms with Crippen LogP contribution >= 0.6 is 0 Å². The summed E-state index contributed by atoms with van der Waals surface area (Å²) in [6.45, 7) is 7.62. The number of nitrogens with one attached hydrogen (secondary N) is 1. The van der Waals surface area contributed by atoms with Gasteiger partial charge in [0, 0.05) is 19.7 Å². The zero-order chi connectivity index (χ0) is 15.0. The van der Waals surface area contributed by atoms with Gasteiger partial charge in [0.25, 0.3) is 0 Å². The molecule has 2 unspecified atom stereocenters. The van der Waals surface area contributed by atoms with E-state index in [-0.39, 0.29) is 5.97 Å². The summed E-state index contributed by atoms with van der Waals surface area (Å²) >= 11 is 0. The molecule has 1 aliphatic carbocycles. The first-order chi connectivity index (χ1) is 9.63. The van der Waals surface area contributed by atoms with E-state index in [1.807, 2.05) is 6.92 Å². The lowest BCUT2D eigenvalue weighted by Crippen LogP contribution is -2.59. The molecular formula is C15H30N2O3. The highest BCUT2D eigenvalue weighted by Gasteiger charge is 2.44. The van der Waals surface area contributed by atoms with E-state index in [1.165, 1.54) is 7.11 Å². The number of carbonyl (C=O) groups excluding carboxylic acids is 1. The fraction of sp³-hybridized carbons (Fsp3) is 0.933. The Hall–Kier alpha value is -0.650.